The van der Waals surface area contributed by atoms with Gasteiger partial charge in [0.15, 0.2) is 0 Å². The van der Waals surface area contributed by atoms with Gasteiger partial charge in [0.1, 0.15) is 11.0 Å². The van der Waals surface area contributed by atoms with E-state index in [4.69, 9.17) is 5.11 Å². The van der Waals surface area contributed by atoms with Crippen LogP contribution in [0.3, 0.4) is 0 Å². The van der Waals surface area contributed by atoms with Crippen molar-refractivity contribution in [2.45, 2.75) is 12.7 Å². The van der Waals surface area contributed by atoms with E-state index in [-0.39, 0.29) is 29.5 Å². The van der Waals surface area contributed by atoms with E-state index in [1.807, 2.05) is 0 Å². The summed E-state index contributed by atoms with van der Waals surface area (Å²) in [6.45, 7) is 0.192. The number of carboxylic acid groups (broad SMARTS) is 1. The third-order valence-electron chi connectivity index (χ3n) is 5.28. The van der Waals surface area contributed by atoms with Crippen molar-refractivity contribution in [3.05, 3.63) is 83.8 Å². The highest BCUT2D eigenvalue weighted by Gasteiger charge is 2.30. The first-order valence-corrected chi connectivity index (χ1v) is 10.2. The molecule has 12 heteroatoms. The Kier molecular flexibility index (Phi) is 5.20. The maximum Gasteiger partial charge on any atom is 0.416 e. The van der Waals surface area contributed by atoms with Crippen LogP contribution in [0.1, 0.15) is 21.5 Å². The van der Waals surface area contributed by atoms with E-state index < -0.39 is 17.7 Å². The lowest BCUT2D eigenvalue weighted by Crippen LogP contribution is -2.05. The number of aromatic carboxylic acids is 1. The van der Waals surface area contributed by atoms with Gasteiger partial charge in [0, 0.05) is 6.20 Å². The van der Waals surface area contributed by atoms with Crippen LogP contribution in [0.25, 0.3) is 28.1 Å². The van der Waals surface area contributed by atoms with Crippen molar-refractivity contribution in [1.82, 2.24) is 29.5 Å². The number of aromatic nitrogens is 6. The molecular weight excluding hydrogens is 465 g/mol. The molecule has 3 heterocycles. The summed E-state index contributed by atoms with van der Waals surface area (Å²) in [6.07, 6.45) is -0.678. The molecule has 0 aliphatic carbocycles. The molecule has 0 saturated heterocycles. The molecule has 0 amide bonds. The molecule has 9 nitrogen and oxygen atoms in total. The van der Waals surface area contributed by atoms with Gasteiger partial charge in [-0.05, 0) is 34.9 Å². The van der Waals surface area contributed by atoms with Crippen LogP contribution < -0.4 is 0 Å². The molecular formula is C23H15F3N6O3. The third-order valence-corrected chi connectivity index (χ3v) is 5.28. The predicted octanol–water partition coefficient (Wildman–Crippen LogP) is 4.15. The van der Waals surface area contributed by atoms with Crippen molar-refractivity contribution in [1.29, 1.82) is 0 Å². The Balaban J connectivity index is 1.46. The van der Waals surface area contributed by atoms with Crippen molar-refractivity contribution in [3.63, 3.8) is 0 Å². The lowest BCUT2D eigenvalue weighted by atomic mass is 10.0. The predicted molar refractivity (Wildman–Crippen MR) is 117 cm³/mol. The number of nitrogens with zero attached hydrogens (tertiary/aromatic N) is 6. The van der Waals surface area contributed by atoms with Gasteiger partial charge in [0.2, 0.25) is 5.88 Å². The Labute approximate surface area is 194 Å². The summed E-state index contributed by atoms with van der Waals surface area (Å²) in [6, 6.07) is 12.0. The van der Waals surface area contributed by atoms with E-state index >= 15 is 0 Å². The number of benzene rings is 2. The van der Waals surface area contributed by atoms with Crippen LogP contribution in [0.2, 0.25) is 0 Å². The topological polar surface area (TPSA) is 119 Å². The number of hydrogen-bond acceptors (Lipinski definition) is 6. The molecule has 3 aromatic heterocycles. The van der Waals surface area contributed by atoms with Gasteiger partial charge in [0.05, 0.1) is 30.1 Å². The van der Waals surface area contributed by atoms with Crippen LogP contribution in [0.4, 0.5) is 13.2 Å². The molecule has 0 spiro atoms. The maximum atomic E-state index is 13.1. The molecule has 0 atom stereocenters. The molecule has 0 aliphatic heterocycles. The number of carboxylic acids is 1. The van der Waals surface area contributed by atoms with Gasteiger partial charge in [0.25, 0.3) is 5.95 Å². The van der Waals surface area contributed by atoms with Gasteiger partial charge in [-0.3, -0.25) is 4.68 Å². The summed E-state index contributed by atoms with van der Waals surface area (Å²) >= 11 is 0. The molecule has 0 saturated carbocycles. The van der Waals surface area contributed by atoms with Gasteiger partial charge < -0.3 is 10.2 Å². The van der Waals surface area contributed by atoms with Gasteiger partial charge in [-0.15, -0.1) is 0 Å². The number of hydrogen-bond donors (Lipinski definition) is 2. The first kappa shape index (κ1) is 22.1. The summed E-state index contributed by atoms with van der Waals surface area (Å²) in [4.78, 5) is 19.4. The number of alkyl halides is 3. The zero-order valence-corrected chi connectivity index (χ0v) is 17.7. The molecule has 5 aromatic rings. The Morgan fingerprint density at radius 2 is 1.71 bits per heavy atom. The molecule has 5 rings (SSSR count). The zero-order valence-electron chi connectivity index (χ0n) is 17.7. The van der Waals surface area contributed by atoms with E-state index in [1.54, 1.807) is 30.3 Å². The van der Waals surface area contributed by atoms with Crippen molar-refractivity contribution in [2.24, 2.45) is 0 Å². The van der Waals surface area contributed by atoms with E-state index in [2.05, 4.69) is 20.2 Å². The number of rotatable bonds is 5. The first-order valence-electron chi connectivity index (χ1n) is 10.2. The monoisotopic (exact) mass is 480 g/mol. The molecule has 0 radical (unpaired) electrons. The lowest BCUT2D eigenvalue weighted by molar-refractivity contribution is -0.137. The fourth-order valence-corrected chi connectivity index (χ4v) is 3.63. The minimum Gasteiger partial charge on any atom is -0.492 e. The van der Waals surface area contributed by atoms with Crippen LogP contribution in [0, 0.1) is 0 Å². The molecule has 35 heavy (non-hydrogen) atoms. The van der Waals surface area contributed by atoms with E-state index in [1.165, 1.54) is 23.1 Å². The molecule has 0 bridgehead atoms. The van der Waals surface area contributed by atoms with Crippen LogP contribution >= 0.6 is 0 Å². The third kappa shape index (κ3) is 4.28. The zero-order chi connectivity index (χ0) is 24.7. The molecule has 0 aliphatic rings. The lowest BCUT2D eigenvalue weighted by Gasteiger charge is -2.10. The summed E-state index contributed by atoms with van der Waals surface area (Å²) in [5.41, 5.74) is 1.49. The summed E-state index contributed by atoms with van der Waals surface area (Å²) in [5.74, 6) is -1.58. The van der Waals surface area contributed by atoms with Crippen LogP contribution in [-0.2, 0) is 12.7 Å². The van der Waals surface area contributed by atoms with E-state index in [0.29, 0.717) is 16.6 Å². The van der Waals surface area contributed by atoms with Crippen molar-refractivity contribution in [2.75, 3.05) is 0 Å². The van der Waals surface area contributed by atoms with E-state index in [9.17, 15) is 23.1 Å². The fraction of sp³-hybridized carbons (Fsp3) is 0.0870. The highest BCUT2D eigenvalue weighted by molar-refractivity contribution is 5.87. The van der Waals surface area contributed by atoms with Crippen molar-refractivity contribution < 1.29 is 28.2 Å². The SMILES string of the molecule is O=C(O)c1cnn(-c2nc(O)c3c(cnn3Cc3cccc(-c4cccc(C(F)(F)F)c4)c3)n2)c1. The van der Waals surface area contributed by atoms with Gasteiger partial charge >= 0.3 is 12.1 Å². The largest absolute Gasteiger partial charge is 0.492 e. The van der Waals surface area contributed by atoms with Crippen LogP contribution in [0.15, 0.2) is 67.1 Å². The number of carbonyl (C=O) groups is 1. The maximum absolute atomic E-state index is 13.1. The highest BCUT2D eigenvalue weighted by Crippen LogP contribution is 2.32. The number of halogens is 3. The van der Waals surface area contributed by atoms with Crippen molar-refractivity contribution >= 4 is 17.0 Å². The Bertz CT molecular complexity index is 1570. The molecule has 0 fully saturated rings. The smallest absolute Gasteiger partial charge is 0.416 e. The Morgan fingerprint density at radius 1 is 0.971 bits per heavy atom. The average molecular weight is 480 g/mol. The van der Waals surface area contributed by atoms with Gasteiger partial charge in [-0.2, -0.15) is 28.4 Å². The first-order chi connectivity index (χ1) is 16.7. The fourth-order valence-electron chi connectivity index (χ4n) is 3.63. The Morgan fingerprint density at radius 3 is 2.43 bits per heavy atom. The minimum atomic E-state index is -4.44. The highest BCUT2D eigenvalue weighted by atomic mass is 19.4. The molecule has 2 N–H and O–H groups in total. The van der Waals surface area contributed by atoms with Crippen LogP contribution in [-0.4, -0.2) is 45.7 Å². The van der Waals surface area contributed by atoms with Gasteiger partial charge in [-0.1, -0.05) is 30.3 Å². The second-order valence-electron chi connectivity index (χ2n) is 7.64. The summed E-state index contributed by atoms with van der Waals surface area (Å²) < 4.78 is 41.9. The second kappa shape index (κ2) is 8.24. The quantitative estimate of drug-likeness (QED) is 0.388. The standard InChI is InChI=1S/C23H15F3N6O3/c24-23(25,26)17-6-2-5-15(8-17)14-4-1-3-13(7-14)11-31-19-18(10-28-31)29-22(30-20(19)33)32-12-16(9-27-32)21(34)35/h1-10,12H,11H2,(H,34,35)(H,29,30,33). The average Bonchev–Trinajstić information content (AvgIpc) is 3.47. The number of aromatic hydroxyl groups is 1. The molecule has 176 valence electrons. The summed E-state index contributed by atoms with van der Waals surface area (Å²) in [5, 5.41) is 27.7. The van der Waals surface area contributed by atoms with Crippen molar-refractivity contribution in [3.8, 4) is 23.0 Å². The van der Waals surface area contributed by atoms with Gasteiger partial charge in [-0.25, -0.2) is 14.5 Å². The normalized spacial score (nSPS) is 11.7. The molecule has 2 aromatic carbocycles. The molecule has 0 unspecified atom stereocenters. The Hall–Kier alpha value is -4.74. The second-order valence-corrected chi connectivity index (χ2v) is 7.64. The van der Waals surface area contributed by atoms with E-state index in [0.717, 1.165) is 28.6 Å². The minimum absolute atomic E-state index is 0.0337. The summed E-state index contributed by atoms with van der Waals surface area (Å²) in [7, 11) is 0. The number of fused-ring (bicyclic) bond motifs is 1. The van der Waals surface area contributed by atoms with Crippen LogP contribution in [0.5, 0.6) is 5.88 Å².